The monoisotopic (exact) mass is 481 g/mol. The zero-order chi connectivity index (χ0) is 24.9. The number of carbonyl (C=O) groups is 1. The topological polar surface area (TPSA) is 78.7 Å². The Morgan fingerprint density at radius 1 is 0.861 bits per heavy atom. The number of hydrogen-bond donors (Lipinski definition) is 0. The van der Waals surface area contributed by atoms with Crippen molar-refractivity contribution in [3.05, 3.63) is 118 Å². The van der Waals surface area contributed by atoms with Crippen LogP contribution in [-0.2, 0) is 11.3 Å². The molecule has 0 saturated heterocycles. The van der Waals surface area contributed by atoms with Gasteiger partial charge in [-0.25, -0.2) is 4.79 Å². The van der Waals surface area contributed by atoms with Gasteiger partial charge in [-0.05, 0) is 53.8 Å². The minimum absolute atomic E-state index is 0.0161. The zero-order valence-corrected chi connectivity index (χ0v) is 19.8. The molecular weight excluding hydrogens is 454 g/mol. The Bertz CT molecular complexity index is 1370. The molecule has 0 aliphatic heterocycles. The minimum Gasteiger partial charge on any atom is -0.489 e. The summed E-state index contributed by atoms with van der Waals surface area (Å²) in [5.74, 6) is 0.326. The lowest BCUT2D eigenvalue weighted by atomic mass is 9.79. The normalized spacial score (nSPS) is 17.4. The largest absolute Gasteiger partial charge is 0.489 e. The third-order valence-electron chi connectivity index (χ3n) is 6.81. The van der Waals surface area contributed by atoms with Crippen LogP contribution in [0.4, 0.5) is 5.69 Å². The number of ether oxygens (including phenoxy) is 2. The van der Waals surface area contributed by atoms with E-state index in [0.29, 0.717) is 12.2 Å². The molecule has 2 atom stereocenters. The standard InChI is InChI=1S/C30H27NO5/c32-30(23-14-17-24(18-15-23)31(33)34)36-27-13-7-6-12-26(27)29-25-11-5-4-10-22(25)16-19-28(29)35-20-21-8-2-1-3-9-21/h1-5,8-11,14-19,26-27H,6-7,12-13,20H2/t26-,27+/m0/s1. The van der Waals surface area contributed by atoms with Gasteiger partial charge in [0, 0.05) is 23.6 Å². The fourth-order valence-electron chi connectivity index (χ4n) is 5.01. The van der Waals surface area contributed by atoms with Crippen LogP contribution in [0.3, 0.4) is 0 Å². The van der Waals surface area contributed by atoms with Gasteiger partial charge in [0.1, 0.15) is 18.5 Å². The molecule has 1 aliphatic carbocycles. The van der Waals surface area contributed by atoms with Crippen LogP contribution in [0.5, 0.6) is 5.75 Å². The van der Waals surface area contributed by atoms with Crippen molar-refractivity contribution in [1.82, 2.24) is 0 Å². The highest BCUT2D eigenvalue weighted by Crippen LogP contribution is 2.43. The zero-order valence-electron chi connectivity index (χ0n) is 19.8. The lowest BCUT2D eigenvalue weighted by molar-refractivity contribution is -0.384. The van der Waals surface area contributed by atoms with E-state index in [-0.39, 0.29) is 17.7 Å². The third-order valence-corrected chi connectivity index (χ3v) is 6.81. The maximum atomic E-state index is 13.0. The van der Waals surface area contributed by atoms with Gasteiger partial charge in [0.05, 0.1) is 10.5 Å². The molecule has 1 aliphatic rings. The highest BCUT2D eigenvalue weighted by molar-refractivity contribution is 5.90. The molecule has 1 saturated carbocycles. The van der Waals surface area contributed by atoms with E-state index in [0.717, 1.165) is 53.3 Å². The molecular formula is C30H27NO5. The average molecular weight is 482 g/mol. The van der Waals surface area contributed by atoms with E-state index >= 15 is 0 Å². The lowest BCUT2D eigenvalue weighted by Crippen LogP contribution is -2.29. The summed E-state index contributed by atoms with van der Waals surface area (Å²) in [7, 11) is 0. The Morgan fingerprint density at radius 2 is 1.58 bits per heavy atom. The van der Waals surface area contributed by atoms with Gasteiger partial charge in [0.2, 0.25) is 0 Å². The van der Waals surface area contributed by atoms with E-state index in [9.17, 15) is 14.9 Å². The predicted octanol–water partition coefficient (Wildman–Crippen LogP) is 7.21. The van der Waals surface area contributed by atoms with Crippen LogP contribution in [0.2, 0.25) is 0 Å². The molecule has 6 nitrogen and oxygen atoms in total. The maximum Gasteiger partial charge on any atom is 0.338 e. The summed E-state index contributed by atoms with van der Waals surface area (Å²) in [6, 6.07) is 27.9. The first-order chi connectivity index (χ1) is 17.6. The number of carbonyl (C=O) groups excluding carboxylic acids is 1. The van der Waals surface area contributed by atoms with Crippen molar-refractivity contribution in [2.75, 3.05) is 0 Å². The molecule has 0 amide bonds. The Hall–Kier alpha value is -4.19. The molecule has 182 valence electrons. The van der Waals surface area contributed by atoms with Crippen molar-refractivity contribution in [2.45, 2.75) is 44.3 Å². The Kier molecular flexibility index (Phi) is 6.94. The van der Waals surface area contributed by atoms with Crippen LogP contribution >= 0.6 is 0 Å². The number of esters is 1. The molecule has 0 heterocycles. The molecule has 4 aromatic carbocycles. The number of benzene rings is 4. The number of hydrogen-bond acceptors (Lipinski definition) is 5. The first-order valence-electron chi connectivity index (χ1n) is 12.2. The molecule has 0 radical (unpaired) electrons. The Morgan fingerprint density at radius 3 is 2.36 bits per heavy atom. The summed E-state index contributed by atoms with van der Waals surface area (Å²) < 4.78 is 12.4. The molecule has 0 aromatic heterocycles. The van der Waals surface area contributed by atoms with Gasteiger partial charge >= 0.3 is 5.97 Å². The highest BCUT2D eigenvalue weighted by atomic mass is 16.6. The van der Waals surface area contributed by atoms with Gasteiger partial charge in [0.25, 0.3) is 5.69 Å². The van der Waals surface area contributed by atoms with E-state index in [1.807, 2.05) is 48.5 Å². The maximum absolute atomic E-state index is 13.0. The van der Waals surface area contributed by atoms with Gasteiger partial charge in [-0.1, -0.05) is 67.1 Å². The molecule has 36 heavy (non-hydrogen) atoms. The van der Waals surface area contributed by atoms with Crippen LogP contribution in [0, 0.1) is 10.1 Å². The molecule has 0 unspecified atom stereocenters. The second kappa shape index (κ2) is 10.6. The van der Waals surface area contributed by atoms with Crippen molar-refractivity contribution in [3.63, 3.8) is 0 Å². The third kappa shape index (κ3) is 5.08. The molecule has 4 aromatic rings. The summed E-state index contributed by atoms with van der Waals surface area (Å²) in [5.41, 5.74) is 2.41. The molecule has 0 bridgehead atoms. The average Bonchev–Trinajstić information content (AvgIpc) is 2.92. The van der Waals surface area contributed by atoms with Gasteiger partial charge < -0.3 is 9.47 Å². The summed E-state index contributed by atoms with van der Waals surface area (Å²) in [6.07, 6.45) is 3.34. The Balaban J connectivity index is 1.45. The molecule has 6 heteroatoms. The van der Waals surface area contributed by atoms with Crippen molar-refractivity contribution in [2.24, 2.45) is 0 Å². The number of non-ortho nitro benzene ring substituents is 1. The van der Waals surface area contributed by atoms with Crippen molar-refractivity contribution in [1.29, 1.82) is 0 Å². The SMILES string of the molecule is O=C(O[C@@H]1CCCC[C@@H]1c1c(OCc2ccccc2)ccc2ccccc12)c1ccc([N+](=O)[O-])cc1. The number of nitro groups is 1. The Labute approximate surface area is 209 Å². The van der Waals surface area contributed by atoms with Crippen LogP contribution in [0.1, 0.15) is 53.1 Å². The second-order valence-electron chi connectivity index (χ2n) is 9.11. The first kappa shape index (κ1) is 23.5. The summed E-state index contributed by atoms with van der Waals surface area (Å²) in [4.78, 5) is 23.5. The molecule has 5 rings (SSSR count). The van der Waals surface area contributed by atoms with E-state index in [1.165, 1.54) is 24.3 Å². The second-order valence-corrected chi connectivity index (χ2v) is 9.11. The van der Waals surface area contributed by atoms with Gasteiger partial charge in [0.15, 0.2) is 0 Å². The highest BCUT2D eigenvalue weighted by Gasteiger charge is 2.33. The quantitative estimate of drug-likeness (QED) is 0.158. The molecule has 0 spiro atoms. The van der Waals surface area contributed by atoms with E-state index < -0.39 is 10.9 Å². The number of rotatable bonds is 7. The van der Waals surface area contributed by atoms with E-state index in [4.69, 9.17) is 9.47 Å². The van der Waals surface area contributed by atoms with E-state index in [1.54, 1.807) is 0 Å². The van der Waals surface area contributed by atoms with Crippen LogP contribution in [-0.4, -0.2) is 17.0 Å². The number of nitro benzene ring substituents is 1. The lowest BCUT2D eigenvalue weighted by Gasteiger charge is -2.33. The van der Waals surface area contributed by atoms with Crippen molar-refractivity contribution in [3.8, 4) is 5.75 Å². The van der Waals surface area contributed by atoms with Crippen LogP contribution in [0.15, 0.2) is 91.0 Å². The summed E-state index contributed by atoms with van der Waals surface area (Å²) in [6.45, 7) is 0.451. The summed E-state index contributed by atoms with van der Waals surface area (Å²) >= 11 is 0. The van der Waals surface area contributed by atoms with Crippen LogP contribution in [0.25, 0.3) is 10.8 Å². The fourth-order valence-corrected chi connectivity index (χ4v) is 5.01. The minimum atomic E-state index is -0.482. The first-order valence-corrected chi connectivity index (χ1v) is 12.2. The van der Waals surface area contributed by atoms with Crippen molar-refractivity contribution >= 4 is 22.4 Å². The molecule has 1 fully saturated rings. The van der Waals surface area contributed by atoms with Gasteiger partial charge in [-0.3, -0.25) is 10.1 Å². The smallest absolute Gasteiger partial charge is 0.338 e. The fraction of sp³-hybridized carbons (Fsp3) is 0.233. The van der Waals surface area contributed by atoms with Gasteiger partial charge in [-0.2, -0.15) is 0 Å². The predicted molar refractivity (Wildman–Crippen MR) is 138 cm³/mol. The van der Waals surface area contributed by atoms with Crippen LogP contribution < -0.4 is 4.74 Å². The van der Waals surface area contributed by atoms with Gasteiger partial charge in [-0.15, -0.1) is 0 Å². The number of nitrogens with zero attached hydrogens (tertiary/aromatic N) is 1. The van der Waals surface area contributed by atoms with Crippen molar-refractivity contribution < 1.29 is 19.2 Å². The summed E-state index contributed by atoms with van der Waals surface area (Å²) in [5, 5.41) is 13.2. The molecule has 0 N–H and O–H groups in total. The number of fused-ring (bicyclic) bond motifs is 1. The van der Waals surface area contributed by atoms with E-state index in [2.05, 4.69) is 18.2 Å².